The van der Waals surface area contributed by atoms with E-state index in [1.807, 2.05) is 0 Å². The van der Waals surface area contributed by atoms with Gasteiger partial charge in [0.25, 0.3) is 11.2 Å². The number of fused-ring (bicyclic) bond motifs is 2. The van der Waals surface area contributed by atoms with E-state index < -0.39 is 22.2 Å². The van der Waals surface area contributed by atoms with E-state index in [1.165, 1.54) is 30.3 Å². The molecule has 0 unspecified atom stereocenters. The van der Waals surface area contributed by atoms with Gasteiger partial charge in [0.1, 0.15) is 0 Å². The lowest BCUT2D eigenvalue weighted by Crippen LogP contribution is -2.20. The van der Waals surface area contributed by atoms with Crippen molar-refractivity contribution in [1.29, 1.82) is 0 Å². The summed E-state index contributed by atoms with van der Waals surface area (Å²) in [5.74, 6) is 0.265. The molecule has 0 bridgehead atoms. The number of nitro groups is 1. The maximum atomic E-state index is 13.3. The van der Waals surface area contributed by atoms with Crippen molar-refractivity contribution in [3.05, 3.63) is 92.3 Å². The molecule has 4 aromatic rings. The molecule has 1 aromatic heterocycles. The zero-order valence-electron chi connectivity index (χ0n) is 17.5. The summed E-state index contributed by atoms with van der Waals surface area (Å²) >= 11 is 0. The molecule has 1 aliphatic rings. The molecular formula is C23H13F3N4O5. The first kappa shape index (κ1) is 22.1. The lowest BCUT2D eigenvalue weighted by molar-refractivity contribution is -0.385. The van der Waals surface area contributed by atoms with Crippen molar-refractivity contribution in [1.82, 2.24) is 9.66 Å². The lowest BCUT2D eigenvalue weighted by Gasteiger charge is -2.12. The summed E-state index contributed by atoms with van der Waals surface area (Å²) in [6, 6.07) is 13.1. The normalized spacial score (nSPS) is 13.0. The van der Waals surface area contributed by atoms with Crippen LogP contribution in [-0.4, -0.2) is 27.6 Å². The maximum absolute atomic E-state index is 13.3. The number of benzene rings is 3. The van der Waals surface area contributed by atoms with Crippen LogP contribution in [0, 0.1) is 10.1 Å². The van der Waals surface area contributed by atoms with Crippen LogP contribution < -0.4 is 15.0 Å². The van der Waals surface area contributed by atoms with Crippen LogP contribution in [0.4, 0.5) is 18.9 Å². The van der Waals surface area contributed by atoms with Crippen LogP contribution >= 0.6 is 0 Å². The van der Waals surface area contributed by atoms with Crippen LogP contribution in [-0.2, 0) is 6.18 Å². The quantitative estimate of drug-likeness (QED) is 0.239. The van der Waals surface area contributed by atoms with E-state index in [0.29, 0.717) is 0 Å². The Morgan fingerprint density at radius 3 is 2.54 bits per heavy atom. The molecule has 5 rings (SSSR count). The highest BCUT2D eigenvalue weighted by Crippen LogP contribution is 2.37. The molecule has 0 amide bonds. The lowest BCUT2D eigenvalue weighted by atomic mass is 10.1. The standard InChI is InChI=1S/C23H13F3N4O5/c24-23(25,26)15-5-3-4-13(8-15)21-28-17-7-2-1-6-16(17)22(31)29(21)27-11-14-9-19-20(35-12-34-19)10-18(14)30(32)33/h1-11H,12H2. The number of para-hydroxylation sites is 1. The second-order valence-corrected chi connectivity index (χ2v) is 7.41. The molecule has 3 aromatic carbocycles. The molecule has 0 fully saturated rings. The van der Waals surface area contributed by atoms with Crippen LogP contribution in [0.2, 0.25) is 0 Å². The fraction of sp³-hybridized carbons (Fsp3) is 0.0870. The van der Waals surface area contributed by atoms with Gasteiger partial charge in [0.2, 0.25) is 6.79 Å². The second-order valence-electron chi connectivity index (χ2n) is 7.41. The van der Waals surface area contributed by atoms with E-state index in [-0.39, 0.29) is 51.8 Å². The van der Waals surface area contributed by atoms with Gasteiger partial charge in [-0.15, -0.1) is 0 Å². The van der Waals surface area contributed by atoms with Crippen molar-refractivity contribution in [2.24, 2.45) is 5.10 Å². The molecule has 0 spiro atoms. The molecule has 0 radical (unpaired) electrons. The highest BCUT2D eigenvalue weighted by molar-refractivity contribution is 5.87. The van der Waals surface area contributed by atoms with Gasteiger partial charge < -0.3 is 9.47 Å². The van der Waals surface area contributed by atoms with Gasteiger partial charge in [0.05, 0.1) is 39.2 Å². The zero-order chi connectivity index (χ0) is 24.7. The summed E-state index contributed by atoms with van der Waals surface area (Å²) in [4.78, 5) is 28.5. The van der Waals surface area contributed by atoms with Gasteiger partial charge in [-0.1, -0.05) is 24.3 Å². The minimum absolute atomic E-state index is 0.00528. The van der Waals surface area contributed by atoms with Gasteiger partial charge in [-0.2, -0.15) is 22.9 Å². The predicted octanol–water partition coefficient (Wildman–Crippen LogP) is 4.60. The molecular weight excluding hydrogens is 469 g/mol. The third-order valence-electron chi connectivity index (χ3n) is 5.23. The van der Waals surface area contributed by atoms with Crippen molar-refractivity contribution >= 4 is 22.8 Å². The molecule has 0 saturated carbocycles. The molecule has 12 heteroatoms. The van der Waals surface area contributed by atoms with E-state index >= 15 is 0 Å². The Hall–Kier alpha value is -4.74. The highest BCUT2D eigenvalue weighted by atomic mass is 19.4. The number of rotatable bonds is 4. The molecule has 0 saturated heterocycles. The first-order valence-electron chi connectivity index (χ1n) is 10.0. The third-order valence-corrected chi connectivity index (χ3v) is 5.23. The van der Waals surface area contributed by atoms with Crippen molar-refractivity contribution in [3.63, 3.8) is 0 Å². The van der Waals surface area contributed by atoms with Crippen molar-refractivity contribution in [3.8, 4) is 22.9 Å². The zero-order valence-corrected chi connectivity index (χ0v) is 17.5. The fourth-order valence-electron chi connectivity index (χ4n) is 3.58. The Bertz CT molecular complexity index is 1580. The van der Waals surface area contributed by atoms with Gasteiger partial charge >= 0.3 is 6.18 Å². The van der Waals surface area contributed by atoms with Crippen LogP contribution in [0.3, 0.4) is 0 Å². The van der Waals surface area contributed by atoms with E-state index in [4.69, 9.17) is 9.47 Å². The van der Waals surface area contributed by atoms with Gasteiger partial charge in [0.15, 0.2) is 17.3 Å². The Labute approximate surface area is 193 Å². The smallest absolute Gasteiger partial charge is 0.416 e. The molecule has 0 N–H and O–H groups in total. The van der Waals surface area contributed by atoms with E-state index in [9.17, 15) is 28.1 Å². The highest BCUT2D eigenvalue weighted by Gasteiger charge is 2.31. The van der Waals surface area contributed by atoms with Crippen molar-refractivity contribution in [2.45, 2.75) is 6.18 Å². The number of alkyl halides is 3. The largest absolute Gasteiger partial charge is 0.454 e. The molecule has 2 heterocycles. The summed E-state index contributed by atoms with van der Waals surface area (Å²) in [5, 5.41) is 15.8. The maximum Gasteiger partial charge on any atom is 0.416 e. The van der Waals surface area contributed by atoms with E-state index in [0.717, 1.165) is 23.0 Å². The third kappa shape index (κ3) is 4.05. The van der Waals surface area contributed by atoms with Gasteiger partial charge in [-0.05, 0) is 30.3 Å². The number of hydrogen-bond donors (Lipinski definition) is 0. The monoisotopic (exact) mass is 482 g/mol. The van der Waals surface area contributed by atoms with Gasteiger partial charge in [0, 0.05) is 5.56 Å². The number of nitrogens with zero attached hydrogens (tertiary/aromatic N) is 4. The summed E-state index contributed by atoms with van der Waals surface area (Å²) in [5.41, 5.74) is -1.72. The summed E-state index contributed by atoms with van der Waals surface area (Å²) in [6.45, 7) is -0.110. The molecule has 176 valence electrons. The Kier molecular flexibility index (Phi) is 5.20. The van der Waals surface area contributed by atoms with Gasteiger partial charge in [-0.3, -0.25) is 14.9 Å². The molecule has 35 heavy (non-hydrogen) atoms. The van der Waals surface area contributed by atoms with Crippen LogP contribution in [0.25, 0.3) is 22.3 Å². The number of hydrogen-bond acceptors (Lipinski definition) is 7. The van der Waals surface area contributed by atoms with Crippen LogP contribution in [0.1, 0.15) is 11.1 Å². The SMILES string of the molecule is O=c1c2ccccc2nc(-c2cccc(C(F)(F)F)c2)n1N=Cc1cc2c(cc1[N+](=O)[O-])OCO2. The Morgan fingerprint density at radius 2 is 1.80 bits per heavy atom. The summed E-state index contributed by atoms with van der Waals surface area (Å²) < 4.78 is 51.2. The number of nitro benzene ring substituents is 1. The molecule has 0 atom stereocenters. The average Bonchev–Trinajstić information content (AvgIpc) is 3.30. The summed E-state index contributed by atoms with van der Waals surface area (Å²) in [7, 11) is 0. The molecule has 9 nitrogen and oxygen atoms in total. The molecule has 0 aliphatic carbocycles. The fourth-order valence-corrected chi connectivity index (χ4v) is 3.58. The minimum Gasteiger partial charge on any atom is -0.454 e. The van der Waals surface area contributed by atoms with Crippen LogP contribution in [0.15, 0.2) is 70.6 Å². The first-order chi connectivity index (χ1) is 16.7. The molecule has 1 aliphatic heterocycles. The average molecular weight is 482 g/mol. The first-order valence-corrected chi connectivity index (χ1v) is 10.0. The Morgan fingerprint density at radius 1 is 1.06 bits per heavy atom. The number of aromatic nitrogens is 2. The Balaban J connectivity index is 1.72. The van der Waals surface area contributed by atoms with Crippen molar-refractivity contribution < 1.29 is 27.6 Å². The second kappa shape index (κ2) is 8.24. The van der Waals surface area contributed by atoms with E-state index in [1.54, 1.807) is 18.2 Å². The van der Waals surface area contributed by atoms with E-state index in [2.05, 4.69) is 10.1 Å². The van der Waals surface area contributed by atoms with Crippen molar-refractivity contribution in [2.75, 3.05) is 6.79 Å². The summed E-state index contributed by atoms with van der Waals surface area (Å²) in [6.07, 6.45) is -3.57. The predicted molar refractivity (Wildman–Crippen MR) is 119 cm³/mol. The number of halogens is 3. The number of ether oxygens (including phenoxy) is 2. The minimum atomic E-state index is -4.62. The van der Waals surface area contributed by atoms with Gasteiger partial charge in [-0.25, -0.2) is 4.98 Å². The topological polar surface area (TPSA) is 109 Å². The van der Waals surface area contributed by atoms with Crippen LogP contribution in [0.5, 0.6) is 11.5 Å².